The van der Waals surface area contributed by atoms with E-state index in [1.54, 1.807) is 23.6 Å². The van der Waals surface area contributed by atoms with E-state index in [2.05, 4.69) is 24.0 Å². The number of nitrogens with zero attached hydrogens (tertiary/aromatic N) is 1. The molecule has 1 amide bonds. The third kappa shape index (κ3) is 2.73. The Labute approximate surface area is 114 Å². The van der Waals surface area contributed by atoms with Crippen molar-refractivity contribution in [2.45, 2.75) is 11.8 Å². The van der Waals surface area contributed by atoms with Gasteiger partial charge in [-0.2, -0.15) is 5.26 Å². The first-order valence-electron chi connectivity index (χ1n) is 5.20. The second kappa shape index (κ2) is 5.25. The maximum atomic E-state index is 12.0. The van der Waals surface area contributed by atoms with Gasteiger partial charge in [0.15, 0.2) is 0 Å². The first kappa shape index (κ1) is 12.7. The molecule has 0 unspecified atom stereocenters. The summed E-state index contributed by atoms with van der Waals surface area (Å²) >= 11 is 5.50. The van der Waals surface area contributed by atoms with Crippen LogP contribution in [0.5, 0.6) is 0 Å². The zero-order valence-corrected chi connectivity index (χ0v) is 11.3. The van der Waals surface area contributed by atoms with E-state index in [1.807, 2.05) is 13.0 Å². The lowest BCUT2D eigenvalue weighted by molar-refractivity contribution is 0.103. The Kier molecular flexibility index (Phi) is 3.70. The largest absolute Gasteiger partial charge is 0.321 e. The number of thiophene rings is 1. The summed E-state index contributed by atoms with van der Waals surface area (Å²) in [6.45, 7) is 1.88. The van der Waals surface area contributed by atoms with Crippen molar-refractivity contribution in [1.29, 1.82) is 5.26 Å². The van der Waals surface area contributed by atoms with Gasteiger partial charge < -0.3 is 5.32 Å². The van der Waals surface area contributed by atoms with E-state index in [0.717, 1.165) is 10.5 Å². The SMILES string of the molecule is Cc1ccc(C#N)cc1NC(=O)c1cc(S)cs1. The summed E-state index contributed by atoms with van der Waals surface area (Å²) in [6.07, 6.45) is 0. The van der Waals surface area contributed by atoms with Gasteiger partial charge in [-0.3, -0.25) is 4.79 Å². The van der Waals surface area contributed by atoms with E-state index in [1.165, 1.54) is 11.3 Å². The van der Waals surface area contributed by atoms with Gasteiger partial charge in [-0.1, -0.05) is 6.07 Å². The molecule has 0 bridgehead atoms. The fraction of sp³-hybridized carbons (Fsp3) is 0.0769. The quantitative estimate of drug-likeness (QED) is 0.824. The molecule has 0 radical (unpaired) electrons. The topological polar surface area (TPSA) is 52.9 Å². The molecular weight excluding hydrogens is 264 g/mol. The fourth-order valence-electron chi connectivity index (χ4n) is 1.46. The molecule has 18 heavy (non-hydrogen) atoms. The number of hydrogen-bond acceptors (Lipinski definition) is 4. The number of rotatable bonds is 2. The van der Waals surface area contributed by atoms with Crippen molar-refractivity contribution in [3.63, 3.8) is 0 Å². The maximum absolute atomic E-state index is 12.0. The van der Waals surface area contributed by atoms with Crippen molar-refractivity contribution >= 4 is 35.6 Å². The second-order valence-electron chi connectivity index (χ2n) is 3.76. The molecule has 0 atom stereocenters. The smallest absolute Gasteiger partial charge is 0.265 e. The summed E-state index contributed by atoms with van der Waals surface area (Å²) in [5, 5.41) is 13.4. The van der Waals surface area contributed by atoms with Crippen LogP contribution in [0.1, 0.15) is 20.8 Å². The lowest BCUT2D eigenvalue weighted by Crippen LogP contribution is -2.11. The molecule has 90 valence electrons. The average Bonchev–Trinajstić information content (AvgIpc) is 2.79. The average molecular weight is 274 g/mol. The van der Waals surface area contributed by atoms with Gasteiger partial charge in [-0.25, -0.2) is 0 Å². The van der Waals surface area contributed by atoms with Crippen LogP contribution in [0.2, 0.25) is 0 Å². The third-order valence-corrected chi connectivity index (χ3v) is 3.79. The Balaban J connectivity index is 2.24. The van der Waals surface area contributed by atoms with E-state index < -0.39 is 0 Å². The van der Waals surface area contributed by atoms with E-state index >= 15 is 0 Å². The Morgan fingerprint density at radius 2 is 2.22 bits per heavy atom. The molecule has 2 rings (SSSR count). The minimum absolute atomic E-state index is 0.182. The zero-order valence-electron chi connectivity index (χ0n) is 9.60. The van der Waals surface area contributed by atoms with Gasteiger partial charge >= 0.3 is 0 Å². The van der Waals surface area contributed by atoms with Gasteiger partial charge in [-0.15, -0.1) is 24.0 Å². The zero-order chi connectivity index (χ0) is 13.1. The summed E-state index contributed by atoms with van der Waals surface area (Å²) in [5.74, 6) is -0.182. The van der Waals surface area contributed by atoms with E-state index in [-0.39, 0.29) is 5.91 Å². The molecule has 1 aromatic heterocycles. The number of nitrogens with one attached hydrogen (secondary N) is 1. The molecule has 3 nitrogen and oxygen atoms in total. The second-order valence-corrected chi connectivity index (χ2v) is 5.19. The molecule has 0 aliphatic rings. The minimum atomic E-state index is -0.182. The van der Waals surface area contributed by atoms with Gasteiger partial charge in [0, 0.05) is 16.0 Å². The lowest BCUT2D eigenvalue weighted by Gasteiger charge is -2.07. The number of anilines is 1. The van der Waals surface area contributed by atoms with Crippen LogP contribution in [0.3, 0.4) is 0 Å². The Morgan fingerprint density at radius 1 is 1.44 bits per heavy atom. The maximum Gasteiger partial charge on any atom is 0.265 e. The highest BCUT2D eigenvalue weighted by molar-refractivity contribution is 7.80. The molecule has 1 N–H and O–H groups in total. The van der Waals surface area contributed by atoms with E-state index in [0.29, 0.717) is 16.1 Å². The molecule has 2 aromatic rings. The number of thiol groups is 1. The highest BCUT2D eigenvalue weighted by atomic mass is 32.1. The first-order valence-corrected chi connectivity index (χ1v) is 6.52. The molecule has 1 aromatic carbocycles. The van der Waals surface area contributed by atoms with Crippen LogP contribution in [-0.4, -0.2) is 5.91 Å². The van der Waals surface area contributed by atoms with E-state index in [4.69, 9.17) is 5.26 Å². The van der Waals surface area contributed by atoms with Crippen LogP contribution >= 0.6 is 24.0 Å². The first-order chi connectivity index (χ1) is 8.60. The van der Waals surface area contributed by atoms with Crippen molar-refractivity contribution in [2.75, 3.05) is 5.32 Å². The van der Waals surface area contributed by atoms with Crippen LogP contribution in [0.25, 0.3) is 0 Å². The van der Waals surface area contributed by atoms with Gasteiger partial charge in [0.25, 0.3) is 5.91 Å². The summed E-state index contributed by atoms with van der Waals surface area (Å²) in [7, 11) is 0. The number of benzene rings is 1. The minimum Gasteiger partial charge on any atom is -0.321 e. The summed E-state index contributed by atoms with van der Waals surface area (Å²) < 4.78 is 0. The van der Waals surface area contributed by atoms with Crippen LogP contribution in [-0.2, 0) is 0 Å². The number of nitriles is 1. The van der Waals surface area contributed by atoms with Crippen LogP contribution in [0.4, 0.5) is 5.69 Å². The molecule has 0 fully saturated rings. The van der Waals surface area contributed by atoms with Gasteiger partial charge in [0.1, 0.15) is 0 Å². The fourth-order valence-corrected chi connectivity index (χ4v) is 2.50. The molecule has 0 spiro atoms. The standard InChI is InChI=1S/C13H10N2OS2/c1-8-2-3-9(6-14)4-11(8)15-13(16)12-5-10(17)7-18-12/h2-5,7,17H,1H3,(H,15,16). The molecule has 1 heterocycles. The van der Waals surface area contributed by atoms with Crippen molar-refractivity contribution in [3.8, 4) is 6.07 Å². The van der Waals surface area contributed by atoms with Crippen molar-refractivity contribution in [2.24, 2.45) is 0 Å². The van der Waals surface area contributed by atoms with Crippen molar-refractivity contribution < 1.29 is 4.79 Å². The molecule has 5 heteroatoms. The van der Waals surface area contributed by atoms with Gasteiger partial charge in [0.05, 0.1) is 16.5 Å². The number of hydrogen-bond donors (Lipinski definition) is 2. The number of aryl methyl sites for hydroxylation is 1. The lowest BCUT2D eigenvalue weighted by atomic mass is 10.1. The molecule has 0 saturated heterocycles. The summed E-state index contributed by atoms with van der Waals surface area (Å²) in [5.41, 5.74) is 2.11. The highest BCUT2D eigenvalue weighted by Gasteiger charge is 2.10. The Morgan fingerprint density at radius 3 is 2.83 bits per heavy atom. The number of carbonyl (C=O) groups is 1. The molecule has 0 aliphatic heterocycles. The number of amides is 1. The van der Waals surface area contributed by atoms with Gasteiger partial charge in [-0.05, 0) is 30.7 Å². The predicted molar refractivity (Wildman–Crippen MR) is 75.4 cm³/mol. The monoisotopic (exact) mass is 274 g/mol. The molecular formula is C13H10N2OS2. The van der Waals surface area contributed by atoms with E-state index in [9.17, 15) is 4.79 Å². The predicted octanol–water partition coefficient (Wildman–Crippen LogP) is 3.47. The molecule has 0 saturated carbocycles. The van der Waals surface area contributed by atoms with Crippen LogP contribution in [0, 0.1) is 18.3 Å². The third-order valence-electron chi connectivity index (χ3n) is 2.42. The summed E-state index contributed by atoms with van der Waals surface area (Å²) in [4.78, 5) is 13.3. The Hall–Kier alpha value is -1.77. The number of carbonyl (C=O) groups excluding carboxylic acids is 1. The van der Waals surface area contributed by atoms with Crippen LogP contribution in [0.15, 0.2) is 34.5 Å². The van der Waals surface area contributed by atoms with Crippen LogP contribution < -0.4 is 5.32 Å². The van der Waals surface area contributed by atoms with Gasteiger partial charge in [0.2, 0.25) is 0 Å². The summed E-state index contributed by atoms with van der Waals surface area (Å²) in [6, 6.07) is 8.97. The van der Waals surface area contributed by atoms with Crippen molar-refractivity contribution in [3.05, 3.63) is 45.6 Å². The normalized spacial score (nSPS) is 9.83. The Bertz CT molecular complexity index is 641. The van der Waals surface area contributed by atoms with Crippen molar-refractivity contribution in [1.82, 2.24) is 0 Å². The molecule has 0 aliphatic carbocycles. The highest BCUT2D eigenvalue weighted by Crippen LogP contribution is 2.21.